The van der Waals surface area contributed by atoms with Gasteiger partial charge in [-0.15, -0.1) is 0 Å². The minimum atomic E-state index is -0.810. The topological polar surface area (TPSA) is 52.8 Å². The zero-order chi connectivity index (χ0) is 17.7. The van der Waals surface area contributed by atoms with Crippen LogP contribution >= 0.6 is 15.9 Å². The molecule has 1 aromatic heterocycles. The van der Waals surface area contributed by atoms with E-state index in [2.05, 4.69) is 26.2 Å². The molecule has 1 aromatic carbocycles. The van der Waals surface area contributed by atoms with Gasteiger partial charge in [0.1, 0.15) is 5.82 Å². The first kappa shape index (κ1) is 18.5. The summed E-state index contributed by atoms with van der Waals surface area (Å²) in [6.45, 7) is 0.912. The van der Waals surface area contributed by atoms with E-state index in [1.54, 1.807) is 19.2 Å². The van der Waals surface area contributed by atoms with Gasteiger partial charge in [-0.25, -0.2) is 4.39 Å². The fourth-order valence-electron chi connectivity index (χ4n) is 2.45. The molecular weight excluding hydrogens is 375 g/mol. The van der Waals surface area contributed by atoms with Crippen molar-refractivity contribution in [2.24, 2.45) is 12.0 Å². The monoisotopic (exact) mass is 396 g/mol. The summed E-state index contributed by atoms with van der Waals surface area (Å²) in [5.74, 6) is 0.296. The van der Waals surface area contributed by atoms with Crippen molar-refractivity contribution in [3.8, 4) is 0 Å². The van der Waals surface area contributed by atoms with Gasteiger partial charge in [0.05, 0.1) is 12.6 Å². The summed E-state index contributed by atoms with van der Waals surface area (Å²) >= 11 is 3.46. The highest BCUT2D eigenvalue weighted by Gasteiger charge is 2.13. The van der Waals surface area contributed by atoms with Gasteiger partial charge in [-0.3, -0.25) is 4.99 Å². The number of hydrogen-bond acceptors (Lipinski definition) is 2. The number of hydrogen-bond donors (Lipinski definition) is 2. The second kappa shape index (κ2) is 8.30. The van der Waals surface area contributed by atoms with E-state index in [0.29, 0.717) is 18.1 Å². The molecule has 0 saturated heterocycles. The number of aryl methyl sites for hydroxylation is 1. The SMILES string of the molecule is CN=C(NCC(O)c1cccc(F)c1)N(C)Cc1cc(Br)cn1C. The number of halogens is 2. The third kappa shape index (κ3) is 4.82. The van der Waals surface area contributed by atoms with E-state index in [0.717, 1.165) is 10.2 Å². The third-order valence-electron chi connectivity index (χ3n) is 3.73. The lowest BCUT2D eigenvalue weighted by Crippen LogP contribution is -2.40. The quantitative estimate of drug-likeness (QED) is 0.603. The fourth-order valence-corrected chi connectivity index (χ4v) is 3.02. The lowest BCUT2D eigenvalue weighted by atomic mass is 10.1. The number of nitrogens with zero attached hydrogens (tertiary/aromatic N) is 3. The number of nitrogens with one attached hydrogen (secondary N) is 1. The van der Waals surface area contributed by atoms with Gasteiger partial charge in [-0.1, -0.05) is 12.1 Å². The Kier molecular flexibility index (Phi) is 6.39. The summed E-state index contributed by atoms with van der Waals surface area (Å²) in [7, 11) is 5.59. The Bertz CT molecular complexity index is 716. The minimum absolute atomic E-state index is 0.247. The summed E-state index contributed by atoms with van der Waals surface area (Å²) < 4.78 is 16.3. The predicted molar refractivity (Wildman–Crippen MR) is 97.3 cm³/mol. The number of rotatable bonds is 5. The van der Waals surface area contributed by atoms with E-state index in [1.807, 2.05) is 35.8 Å². The van der Waals surface area contributed by atoms with Crippen LogP contribution in [-0.4, -0.2) is 41.2 Å². The highest BCUT2D eigenvalue weighted by Crippen LogP contribution is 2.15. The van der Waals surface area contributed by atoms with Gasteiger partial charge >= 0.3 is 0 Å². The van der Waals surface area contributed by atoms with E-state index < -0.39 is 6.10 Å². The van der Waals surface area contributed by atoms with E-state index in [9.17, 15) is 9.50 Å². The Hall–Kier alpha value is -1.86. The van der Waals surface area contributed by atoms with Gasteiger partial charge in [0, 0.05) is 44.1 Å². The van der Waals surface area contributed by atoms with Gasteiger partial charge in [-0.2, -0.15) is 0 Å². The molecule has 1 atom stereocenters. The van der Waals surface area contributed by atoms with Crippen molar-refractivity contribution >= 4 is 21.9 Å². The second-order valence-corrected chi connectivity index (χ2v) is 6.53. The highest BCUT2D eigenvalue weighted by atomic mass is 79.9. The van der Waals surface area contributed by atoms with Gasteiger partial charge in [-0.05, 0) is 39.7 Å². The molecule has 1 heterocycles. The third-order valence-corrected chi connectivity index (χ3v) is 4.17. The Labute approximate surface area is 149 Å². The smallest absolute Gasteiger partial charge is 0.193 e. The van der Waals surface area contributed by atoms with Crippen LogP contribution in [0.25, 0.3) is 0 Å². The normalized spacial score (nSPS) is 13.0. The van der Waals surface area contributed by atoms with Crippen molar-refractivity contribution in [2.75, 3.05) is 20.6 Å². The first-order valence-corrected chi connectivity index (χ1v) is 8.36. The van der Waals surface area contributed by atoms with Crippen molar-refractivity contribution in [3.05, 3.63) is 58.1 Å². The number of aliphatic imine (C=N–C) groups is 1. The van der Waals surface area contributed by atoms with Crippen molar-refractivity contribution in [1.82, 2.24) is 14.8 Å². The molecule has 0 fully saturated rings. The summed E-state index contributed by atoms with van der Waals surface area (Å²) in [6, 6.07) is 8.02. The van der Waals surface area contributed by atoms with Crippen LogP contribution in [0.2, 0.25) is 0 Å². The number of benzene rings is 1. The molecule has 0 aliphatic rings. The van der Waals surface area contributed by atoms with E-state index in [-0.39, 0.29) is 12.4 Å². The van der Waals surface area contributed by atoms with Crippen LogP contribution in [0, 0.1) is 5.82 Å². The number of guanidine groups is 1. The molecule has 2 aromatic rings. The molecule has 1 unspecified atom stereocenters. The maximum atomic E-state index is 13.2. The molecule has 130 valence electrons. The minimum Gasteiger partial charge on any atom is -0.387 e. The molecule has 0 bridgehead atoms. The van der Waals surface area contributed by atoms with E-state index >= 15 is 0 Å². The number of aliphatic hydroxyl groups is 1. The summed E-state index contributed by atoms with van der Waals surface area (Å²) in [6.07, 6.45) is 1.18. The van der Waals surface area contributed by atoms with Gasteiger partial charge in [0.2, 0.25) is 0 Å². The Morgan fingerprint density at radius 2 is 2.21 bits per heavy atom. The molecule has 2 N–H and O–H groups in total. The molecule has 0 aliphatic heterocycles. The average Bonchev–Trinajstić information content (AvgIpc) is 2.85. The number of aromatic nitrogens is 1. The lowest BCUT2D eigenvalue weighted by Gasteiger charge is -2.23. The van der Waals surface area contributed by atoms with Crippen molar-refractivity contribution in [2.45, 2.75) is 12.6 Å². The predicted octanol–water partition coefficient (Wildman–Crippen LogP) is 2.67. The molecule has 5 nitrogen and oxygen atoms in total. The largest absolute Gasteiger partial charge is 0.387 e. The fraction of sp³-hybridized carbons (Fsp3) is 0.353. The molecule has 7 heteroatoms. The van der Waals surface area contributed by atoms with E-state index in [1.165, 1.54) is 12.1 Å². The average molecular weight is 397 g/mol. The maximum Gasteiger partial charge on any atom is 0.193 e. The van der Waals surface area contributed by atoms with Gasteiger partial charge in [0.25, 0.3) is 0 Å². The van der Waals surface area contributed by atoms with Crippen LogP contribution < -0.4 is 5.32 Å². The molecule has 0 amide bonds. The first-order chi connectivity index (χ1) is 11.4. The Balaban J connectivity index is 1.95. The van der Waals surface area contributed by atoms with Crippen molar-refractivity contribution in [1.29, 1.82) is 0 Å². The Morgan fingerprint density at radius 3 is 2.79 bits per heavy atom. The van der Waals surface area contributed by atoms with Crippen LogP contribution in [0.15, 0.2) is 46.0 Å². The van der Waals surface area contributed by atoms with Crippen molar-refractivity contribution < 1.29 is 9.50 Å². The maximum absolute atomic E-state index is 13.2. The van der Waals surface area contributed by atoms with Crippen LogP contribution in [0.4, 0.5) is 4.39 Å². The first-order valence-electron chi connectivity index (χ1n) is 7.56. The van der Waals surface area contributed by atoms with Crippen molar-refractivity contribution in [3.63, 3.8) is 0 Å². The Morgan fingerprint density at radius 1 is 1.46 bits per heavy atom. The summed E-state index contributed by atoms with van der Waals surface area (Å²) in [5, 5.41) is 13.3. The zero-order valence-electron chi connectivity index (χ0n) is 14.0. The van der Waals surface area contributed by atoms with Gasteiger partial charge < -0.3 is 19.9 Å². The molecular formula is C17H22BrFN4O. The van der Waals surface area contributed by atoms with Crippen LogP contribution in [0.1, 0.15) is 17.4 Å². The summed E-state index contributed by atoms with van der Waals surface area (Å²) in [5.41, 5.74) is 1.66. The van der Waals surface area contributed by atoms with Gasteiger partial charge in [0.15, 0.2) is 5.96 Å². The summed E-state index contributed by atoms with van der Waals surface area (Å²) in [4.78, 5) is 6.19. The lowest BCUT2D eigenvalue weighted by molar-refractivity contribution is 0.179. The highest BCUT2D eigenvalue weighted by molar-refractivity contribution is 9.10. The van der Waals surface area contributed by atoms with Crippen LogP contribution in [0.3, 0.4) is 0 Å². The van der Waals surface area contributed by atoms with Crippen LogP contribution in [0.5, 0.6) is 0 Å². The van der Waals surface area contributed by atoms with Crippen LogP contribution in [-0.2, 0) is 13.6 Å². The molecule has 0 aliphatic carbocycles. The molecule has 24 heavy (non-hydrogen) atoms. The van der Waals surface area contributed by atoms with E-state index in [4.69, 9.17) is 0 Å². The zero-order valence-corrected chi connectivity index (χ0v) is 15.6. The molecule has 0 saturated carbocycles. The second-order valence-electron chi connectivity index (χ2n) is 5.62. The number of aliphatic hydroxyl groups excluding tert-OH is 1. The standard InChI is InChI=1S/C17H22BrFN4O/c1-20-17(23(3)11-15-8-13(18)10-22(15)2)21-9-16(24)12-5-4-6-14(19)7-12/h4-8,10,16,24H,9,11H2,1-3H3,(H,20,21). The molecule has 0 radical (unpaired) electrons. The molecule has 2 rings (SSSR count). The molecule has 0 spiro atoms.